The number of hydrogen-bond acceptors (Lipinski definition) is 3. The SMILES string of the molecule is CCCCc1cc(Oc2ccc3c4cc(CCCCC(C)(C)C)ccc4n(-c4cc(C)ccn4)c3c2)cc(-n2nc(C)c(-c3ccccc3)c2C)c1. The molecule has 266 valence electrons. The number of ether oxygens (including phenoxy) is 1. The van der Waals surface area contributed by atoms with Crippen molar-refractivity contribution in [2.45, 2.75) is 93.4 Å². The fourth-order valence-electron chi connectivity index (χ4n) is 7.54. The van der Waals surface area contributed by atoms with Gasteiger partial charge < -0.3 is 4.74 Å². The van der Waals surface area contributed by atoms with Gasteiger partial charge in [0.1, 0.15) is 17.3 Å². The number of fused-ring (bicyclic) bond motifs is 3. The number of pyridine rings is 1. The lowest BCUT2D eigenvalue weighted by atomic mass is 9.89. The zero-order chi connectivity index (χ0) is 36.4. The molecule has 0 amide bonds. The van der Waals surface area contributed by atoms with Crippen LogP contribution in [0.5, 0.6) is 11.5 Å². The average molecular weight is 689 g/mol. The molecule has 0 radical (unpaired) electrons. The highest BCUT2D eigenvalue weighted by Crippen LogP contribution is 2.37. The van der Waals surface area contributed by atoms with Crippen molar-refractivity contribution in [2.24, 2.45) is 5.41 Å². The van der Waals surface area contributed by atoms with Gasteiger partial charge in [0.25, 0.3) is 0 Å². The lowest BCUT2D eigenvalue weighted by Crippen LogP contribution is -2.04. The van der Waals surface area contributed by atoms with Gasteiger partial charge in [0.2, 0.25) is 0 Å². The third kappa shape index (κ3) is 7.55. The molecule has 52 heavy (non-hydrogen) atoms. The van der Waals surface area contributed by atoms with Crippen LogP contribution in [0.2, 0.25) is 0 Å². The Hall–Kier alpha value is -5.16. The topological polar surface area (TPSA) is 44.9 Å². The highest BCUT2D eigenvalue weighted by molar-refractivity contribution is 6.09. The summed E-state index contributed by atoms with van der Waals surface area (Å²) in [5, 5.41) is 7.49. The van der Waals surface area contributed by atoms with Gasteiger partial charge in [-0.3, -0.25) is 4.57 Å². The first-order chi connectivity index (χ1) is 25.1. The van der Waals surface area contributed by atoms with Crippen LogP contribution in [0.25, 0.3) is 44.4 Å². The smallest absolute Gasteiger partial charge is 0.137 e. The molecule has 0 unspecified atom stereocenters. The number of rotatable bonds is 12. The van der Waals surface area contributed by atoms with Crippen LogP contribution < -0.4 is 4.74 Å². The summed E-state index contributed by atoms with van der Waals surface area (Å²) in [5.74, 6) is 2.52. The van der Waals surface area contributed by atoms with E-state index in [9.17, 15) is 0 Å². The maximum Gasteiger partial charge on any atom is 0.137 e. The van der Waals surface area contributed by atoms with Crippen LogP contribution in [-0.2, 0) is 12.8 Å². The maximum atomic E-state index is 6.78. The summed E-state index contributed by atoms with van der Waals surface area (Å²) in [4.78, 5) is 4.84. The fourth-order valence-corrected chi connectivity index (χ4v) is 7.54. The van der Waals surface area contributed by atoms with E-state index < -0.39 is 0 Å². The molecular formula is C47H52N4O. The molecule has 0 bridgehead atoms. The van der Waals surface area contributed by atoms with Gasteiger partial charge in [-0.05, 0) is 129 Å². The highest BCUT2D eigenvalue weighted by atomic mass is 16.5. The molecule has 0 atom stereocenters. The summed E-state index contributed by atoms with van der Waals surface area (Å²) >= 11 is 0. The molecule has 0 saturated carbocycles. The van der Waals surface area contributed by atoms with E-state index in [1.807, 2.05) is 6.20 Å². The number of hydrogen-bond donors (Lipinski definition) is 0. The van der Waals surface area contributed by atoms with E-state index in [0.717, 1.165) is 71.1 Å². The zero-order valence-electron chi connectivity index (χ0n) is 32.0. The summed E-state index contributed by atoms with van der Waals surface area (Å²) < 4.78 is 11.1. The van der Waals surface area contributed by atoms with Crippen LogP contribution in [0.15, 0.2) is 103 Å². The van der Waals surface area contributed by atoms with Crippen LogP contribution >= 0.6 is 0 Å². The van der Waals surface area contributed by atoms with Gasteiger partial charge >= 0.3 is 0 Å². The summed E-state index contributed by atoms with van der Waals surface area (Å²) in [5.41, 5.74) is 11.9. The number of benzene rings is 4. The third-order valence-corrected chi connectivity index (χ3v) is 10.2. The quantitative estimate of drug-likeness (QED) is 0.120. The molecule has 4 aromatic carbocycles. The summed E-state index contributed by atoms with van der Waals surface area (Å²) in [6.45, 7) is 15.6. The van der Waals surface area contributed by atoms with E-state index >= 15 is 0 Å². The largest absolute Gasteiger partial charge is 0.457 e. The molecular weight excluding hydrogens is 637 g/mol. The molecule has 3 heterocycles. The van der Waals surface area contributed by atoms with E-state index in [2.05, 4.69) is 155 Å². The Bertz CT molecular complexity index is 2340. The highest BCUT2D eigenvalue weighted by Gasteiger charge is 2.18. The second-order valence-electron chi connectivity index (χ2n) is 15.7. The lowest BCUT2D eigenvalue weighted by Gasteiger charge is -2.17. The minimum atomic E-state index is 0.374. The predicted molar refractivity (Wildman–Crippen MR) is 217 cm³/mol. The first-order valence-corrected chi connectivity index (χ1v) is 19.0. The van der Waals surface area contributed by atoms with Gasteiger partial charge in [0, 0.05) is 40.4 Å². The van der Waals surface area contributed by atoms with Gasteiger partial charge in [-0.15, -0.1) is 0 Å². The molecule has 0 fully saturated rings. The molecule has 7 aromatic rings. The molecule has 0 N–H and O–H groups in total. The zero-order valence-corrected chi connectivity index (χ0v) is 32.0. The first kappa shape index (κ1) is 35.3. The Kier molecular flexibility index (Phi) is 10.1. The number of unbranched alkanes of at least 4 members (excludes halogenated alkanes) is 2. The Morgan fingerprint density at radius 3 is 2.27 bits per heavy atom. The van der Waals surface area contributed by atoms with Crippen molar-refractivity contribution < 1.29 is 4.74 Å². The Morgan fingerprint density at radius 1 is 0.692 bits per heavy atom. The average Bonchev–Trinajstić information content (AvgIpc) is 3.61. The molecule has 0 aliphatic heterocycles. The van der Waals surface area contributed by atoms with Crippen molar-refractivity contribution in [3.8, 4) is 34.1 Å². The molecule has 5 heteroatoms. The second kappa shape index (κ2) is 14.8. The first-order valence-electron chi connectivity index (χ1n) is 19.0. The Balaban J connectivity index is 1.28. The van der Waals surface area contributed by atoms with E-state index in [1.54, 1.807) is 0 Å². The fraction of sp³-hybridized carbons (Fsp3) is 0.319. The van der Waals surface area contributed by atoms with Gasteiger partial charge in [-0.1, -0.05) is 76.9 Å². The number of aromatic nitrogens is 4. The molecule has 3 aromatic heterocycles. The molecule has 0 aliphatic rings. The summed E-state index contributed by atoms with van der Waals surface area (Å²) in [7, 11) is 0. The number of aryl methyl sites for hydroxylation is 4. The molecule has 5 nitrogen and oxygen atoms in total. The van der Waals surface area contributed by atoms with Crippen LogP contribution in [0.3, 0.4) is 0 Å². The normalized spacial score (nSPS) is 11.9. The van der Waals surface area contributed by atoms with Crippen molar-refractivity contribution in [3.05, 3.63) is 131 Å². The van der Waals surface area contributed by atoms with Crippen LogP contribution in [-0.4, -0.2) is 19.3 Å². The molecule has 0 saturated heterocycles. The van der Waals surface area contributed by atoms with Gasteiger partial charge in [-0.2, -0.15) is 5.10 Å². The van der Waals surface area contributed by atoms with Crippen molar-refractivity contribution >= 4 is 21.8 Å². The predicted octanol–water partition coefficient (Wildman–Crippen LogP) is 12.9. The van der Waals surface area contributed by atoms with Crippen molar-refractivity contribution in [1.82, 2.24) is 19.3 Å². The van der Waals surface area contributed by atoms with Crippen molar-refractivity contribution in [3.63, 3.8) is 0 Å². The van der Waals surface area contributed by atoms with Crippen molar-refractivity contribution in [1.29, 1.82) is 0 Å². The standard InChI is InChI=1S/C47H52N4O/c1-8-9-15-36-27-38(51-34(4)46(33(3)49-51)37-17-11-10-12-18-37)30-40(28-36)52-39-20-21-41-42-29-35(16-13-14-24-47(5,6)7)19-22-43(42)50(44(41)31-39)45-26-32(2)23-25-48-45/h10-12,17-23,25-31H,8-9,13-16,24H2,1-7H3. The van der Waals surface area contributed by atoms with E-state index in [0.29, 0.717) is 5.41 Å². The molecule has 7 rings (SSSR count). The molecule has 0 spiro atoms. The van der Waals surface area contributed by atoms with E-state index in [4.69, 9.17) is 14.8 Å². The van der Waals surface area contributed by atoms with E-state index in [-0.39, 0.29) is 0 Å². The van der Waals surface area contributed by atoms with Crippen LogP contribution in [0, 0.1) is 26.2 Å². The summed E-state index contributed by atoms with van der Waals surface area (Å²) in [6, 6.07) is 34.8. The maximum absolute atomic E-state index is 6.78. The third-order valence-electron chi connectivity index (χ3n) is 10.2. The Labute approximate surface area is 309 Å². The van der Waals surface area contributed by atoms with Gasteiger partial charge in [0.05, 0.1) is 22.4 Å². The van der Waals surface area contributed by atoms with Gasteiger partial charge in [0.15, 0.2) is 0 Å². The lowest BCUT2D eigenvalue weighted by molar-refractivity contribution is 0.360. The van der Waals surface area contributed by atoms with Crippen molar-refractivity contribution in [2.75, 3.05) is 0 Å². The van der Waals surface area contributed by atoms with E-state index in [1.165, 1.54) is 57.9 Å². The van der Waals surface area contributed by atoms with Crippen LogP contribution in [0.1, 0.15) is 87.9 Å². The minimum absolute atomic E-state index is 0.374. The Morgan fingerprint density at radius 2 is 1.50 bits per heavy atom. The second-order valence-corrected chi connectivity index (χ2v) is 15.7. The minimum Gasteiger partial charge on any atom is -0.457 e. The number of nitrogens with zero attached hydrogens (tertiary/aromatic N) is 4. The molecule has 0 aliphatic carbocycles. The van der Waals surface area contributed by atoms with Gasteiger partial charge in [-0.25, -0.2) is 9.67 Å². The monoisotopic (exact) mass is 688 g/mol. The summed E-state index contributed by atoms with van der Waals surface area (Å²) in [6.07, 6.45) is 9.90. The van der Waals surface area contributed by atoms with Crippen LogP contribution in [0.4, 0.5) is 0 Å².